The van der Waals surface area contributed by atoms with Gasteiger partial charge in [0.15, 0.2) is 9.84 Å². The predicted molar refractivity (Wildman–Crippen MR) is 87.1 cm³/mol. The summed E-state index contributed by atoms with van der Waals surface area (Å²) >= 11 is 0. The smallest absolute Gasteiger partial charge is 0.232 e. The van der Waals surface area contributed by atoms with Crippen molar-refractivity contribution < 1.29 is 17.7 Å². The number of rotatable bonds is 4. The van der Waals surface area contributed by atoms with Gasteiger partial charge >= 0.3 is 0 Å². The SMILES string of the molecule is CC(C)N1C[C@@H](c2nc(-c3ccc(S(C)(=O)=O)cc3)no2)CC1=O. The molecule has 2 aromatic rings. The molecule has 24 heavy (non-hydrogen) atoms. The lowest BCUT2D eigenvalue weighted by Crippen LogP contribution is -2.31. The summed E-state index contributed by atoms with van der Waals surface area (Å²) in [5.41, 5.74) is 0.669. The van der Waals surface area contributed by atoms with Gasteiger partial charge in [-0.1, -0.05) is 5.16 Å². The van der Waals surface area contributed by atoms with E-state index in [0.717, 1.165) is 6.26 Å². The molecule has 0 aliphatic carbocycles. The van der Waals surface area contributed by atoms with Crippen molar-refractivity contribution in [1.82, 2.24) is 15.0 Å². The van der Waals surface area contributed by atoms with Crippen LogP contribution in [0.1, 0.15) is 32.1 Å². The van der Waals surface area contributed by atoms with Crippen molar-refractivity contribution in [3.05, 3.63) is 30.2 Å². The Balaban J connectivity index is 1.80. The molecule has 1 aromatic carbocycles. The molecule has 0 N–H and O–H groups in total. The van der Waals surface area contributed by atoms with Gasteiger partial charge in [-0.2, -0.15) is 4.98 Å². The third-order valence-corrected chi connectivity index (χ3v) is 5.24. The maximum absolute atomic E-state index is 12.0. The summed E-state index contributed by atoms with van der Waals surface area (Å²) in [6.45, 7) is 4.52. The molecule has 7 nitrogen and oxygen atoms in total. The lowest BCUT2D eigenvalue weighted by Gasteiger charge is -2.20. The number of sulfone groups is 1. The summed E-state index contributed by atoms with van der Waals surface area (Å²) in [4.78, 5) is 18.4. The molecule has 0 bridgehead atoms. The van der Waals surface area contributed by atoms with Crippen molar-refractivity contribution in [2.75, 3.05) is 12.8 Å². The fourth-order valence-electron chi connectivity index (χ4n) is 2.77. The van der Waals surface area contributed by atoms with E-state index in [0.29, 0.717) is 30.2 Å². The second-order valence-corrected chi connectivity index (χ2v) is 8.31. The lowest BCUT2D eigenvalue weighted by atomic mass is 10.1. The number of carbonyl (C=O) groups excluding carboxylic acids is 1. The summed E-state index contributed by atoms with van der Waals surface area (Å²) in [5.74, 6) is 0.817. The first-order valence-corrected chi connectivity index (χ1v) is 9.58. The van der Waals surface area contributed by atoms with Gasteiger partial charge in [0.25, 0.3) is 0 Å². The number of benzene rings is 1. The molecule has 8 heteroatoms. The van der Waals surface area contributed by atoms with Gasteiger partial charge in [-0.05, 0) is 38.1 Å². The van der Waals surface area contributed by atoms with E-state index in [2.05, 4.69) is 10.1 Å². The van der Waals surface area contributed by atoms with Crippen molar-refractivity contribution in [1.29, 1.82) is 0 Å². The fraction of sp³-hybridized carbons (Fsp3) is 0.438. The van der Waals surface area contributed by atoms with Crippen LogP contribution in [-0.4, -0.2) is 48.2 Å². The number of aromatic nitrogens is 2. The van der Waals surface area contributed by atoms with Gasteiger partial charge < -0.3 is 9.42 Å². The van der Waals surface area contributed by atoms with E-state index in [1.54, 1.807) is 17.0 Å². The molecular formula is C16H19N3O4S. The minimum Gasteiger partial charge on any atom is -0.339 e. The number of hydrogen-bond acceptors (Lipinski definition) is 6. The Hall–Kier alpha value is -2.22. The van der Waals surface area contributed by atoms with Crippen LogP contribution in [0.25, 0.3) is 11.4 Å². The highest BCUT2D eigenvalue weighted by Gasteiger charge is 2.35. The lowest BCUT2D eigenvalue weighted by molar-refractivity contribution is -0.129. The van der Waals surface area contributed by atoms with Crippen LogP contribution in [0.2, 0.25) is 0 Å². The molecule has 2 heterocycles. The molecule has 128 valence electrons. The van der Waals surface area contributed by atoms with Gasteiger partial charge in [0.05, 0.1) is 10.8 Å². The minimum atomic E-state index is -3.24. The molecule has 1 fully saturated rings. The molecule has 0 radical (unpaired) electrons. The van der Waals surface area contributed by atoms with Crippen molar-refractivity contribution in [2.24, 2.45) is 0 Å². The van der Waals surface area contributed by atoms with E-state index in [1.165, 1.54) is 12.1 Å². The van der Waals surface area contributed by atoms with Crippen LogP contribution < -0.4 is 0 Å². The number of nitrogens with zero attached hydrogens (tertiary/aromatic N) is 3. The van der Waals surface area contributed by atoms with Gasteiger partial charge in [-0.3, -0.25) is 4.79 Å². The number of carbonyl (C=O) groups is 1. The average molecular weight is 349 g/mol. The van der Waals surface area contributed by atoms with Gasteiger partial charge in [0, 0.05) is 30.8 Å². The zero-order chi connectivity index (χ0) is 17.5. The highest BCUT2D eigenvalue weighted by Crippen LogP contribution is 2.29. The summed E-state index contributed by atoms with van der Waals surface area (Å²) in [6, 6.07) is 6.46. The van der Waals surface area contributed by atoms with Crippen LogP contribution in [0.4, 0.5) is 0 Å². The van der Waals surface area contributed by atoms with Gasteiger partial charge in [-0.15, -0.1) is 0 Å². The van der Waals surface area contributed by atoms with E-state index in [4.69, 9.17) is 4.52 Å². The quantitative estimate of drug-likeness (QED) is 0.836. The highest BCUT2D eigenvalue weighted by molar-refractivity contribution is 7.90. The van der Waals surface area contributed by atoms with Crippen LogP contribution in [0, 0.1) is 0 Å². The Labute approximate surface area is 140 Å². The standard InChI is InChI=1S/C16H19N3O4S/c1-10(2)19-9-12(8-14(19)20)16-17-15(18-23-16)11-4-6-13(7-5-11)24(3,21)22/h4-7,10,12H,8-9H2,1-3H3/t12-/m0/s1. The molecule has 1 aliphatic heterocycles. The molecule has 0 saturated carbocycles. The van der Waals surface area contributed by atoms with E-state index in [1.807, 2.05) is 13.8 Å². The second kappa shape index (κ2) is 6.01. The van der Waals surface area contributed by atoms with Crippen LogP contribution in [-0.2, 0) is 14.6 Å². The first-order chi connectivity index (χ1) is 11.3. The minimum absolute atomic E-state index is 0.0901. The van der Waals surface area contributed by atoms with Crippen LogP contribution in [0.5, 0.6) is 0 Å². The summed E-state index contributed by atoms with van der Waals surface area (Å²) < 4.78 is 28.3. The molecule has 1 aliphatic rings. The molecule has 1 amide bonds. The zero-order valence-corrected chi connectivity index (χ0v) is 14.6. The Morgan fingerprint density at radius 3 is 2.46 bits per heavy atom. The van der Waals surface area contributed by atoms with Crippen molar-refractivity contribution >= 4 is 15.7 Å². The Morgan fingerprint density at radius 1 is 1.25 bits per heavy atom. The Morgan fingerprint density at radius 2 is 1.92 bits per heavy atom. The number of hydrogen-bond donors (Lipinski definition) is 0. The van der Waals surface area contributed by atoms with Gasteiger partial charge in [-0.25, -0.2) is 8.42 Å². The molecule has 1 aromatic heterocycles. The second-order valence-electron chi connectivity index (χ2n) is 6.29. The molecule has 1 saturated heterocycles. The Bertz CT molecular complexity index is 856. The van der Waals surface area contributed by atoms with Crippen LogP contribution in [0.15, 0.2) is 33.7 Å². The van der Waals surface area contributed by atoms with E-state index < -0.39 is 9.84 Å². The van der Waals surface area contributed by atoms with Crippen molar-refractivity contribution in [2.45, 2.75) is 37.1 Å². The summed E-state index contributed by atoms with van der Waals surface area (Å²) in [5, 5.41) is 3.95. The monoisotopic (exact) mass is 349 g/mol. The summed E-state index contributed by atoms with van der Waals surface area (Å²) in [6.07, 6.45) is 1.53. The maximum atomic E-state index is 12.0. The largest absolute Gasteiger partial charge is 0.339 e. The molecule has 0 unspecified atom stereocenters. The third kappa shape index (κ3) is 3.19. The molecule has 3 rings (SSSR count). The topological polar surface area (TPSA) is 93.4 Å². The predicted octanol–water partition coefficient (Wildman–Crippen LogP) is 1.86. The van der Waals surface area contributed by atoms with Crippen molar-refractivity contribution in [3.8, 4) is 11.4 Å². The zero-order valence-electron chi connectivity index (χ0n) is 13.8. The van der Waals surface area contributed by atoms with E-state index in [-0.39, 0.29) is 22.8 Å². The van der Waals surface area contributed by atoms with Gasteiger partial charge in [0.2, 0.25) is 17.6 Å². The average Bonchev–Trinajstić information content (AvgIpc) is 3.13. The first kappa shape index (κ1) is 16.6. The maximum Gasteiger partial charge on any atom is 0.232 e. The Kier molecular flexibility index (Phi) is 4.16. The fourth-order valence-corrected chi connectivity index (χ4v) is 3.40. The molecular weight excluding hydrogens is 330 g/mol. The van der Waals surface area contributed by atoms with Crippen LogP contribution in [0.3, 0.4) is 0 Å². The summed E-state index contributed by atoms with van der Waals surface area (Å²) in [7, 11) is -3.24. The molecule has 0 spiro atoms. The van der Waals surface area contributed by atoms with E-state index in [9.17, 15) is 13.2 Å². The molecule has 1 atom stereocenters. The van der Waals surface area contributed by atoms with Crippen LogP contribution >= 0.6 is 0 Å². The highest BCUT2D eigenvalue weighted by atomic mass is 32.2. The number of amides is 1. The van der Waals surface area contributed by atoms with Crippen molar-refractivity contribution in [3.63, 3.8) is 0 Å². The third-order valence-electron chi connectivity index (χ3n) is 4.11. The number of likely N-dealkylation sites (tertiary alicyclic amines) is 1. The van der Waals surface area contributed by atoms with E-state index >= 15 is 0 Å². The normalized spacial score (nSPS) is 18.6. The van der Waals surface area contributed by atoms with Gasteiger partial charge in [0.1, 0.15) is 0 Å². The first-order valence-electron chi connectivity index (χ1n) is 7.69.